The minimum absolute atomic E-state index is 0.0462. The van der Waals surface area contributed by atoms with Gasteiger partial charge in [0.25, 0.3) is 10.0 Å². The maximum Gasteiger partial charge on any atom is 0.263 e. The van der Waals surface area contributed by atoms with Gasteiger partial charge in [-0.3, -0.25) is 4.72 Å². The van der Waals surface area contributed by atoms with E-state index in [0.717, 1.165) is 0 Å². The van der Waals surface area contributed by atoms with Gasteiger partial charge in [-0.05, 0) is 17.7 Å². The molecule has 0 amide bonds. The molecule has 2 aromatic carbocycles. The summed E-state index contributed by atoms with van der Waals surface area (Å²) in [4.78, 5) is 2.79. The Balaban J connectivity index is 2.26. The van der Waals surface area contributed by atoms with E-state index in [1.165, 1.54) is 33.5 Å². The Kier molecular flexibility index (Phi) is 5.66. The maximum atomic E-state index is 12.7. The molecular weight excluding hydrogens is 402 g/mol. The summed E-state index contributed by atoms with van der Waals surface area (Å²) in [6.07, 6.45) is 0. The second-order valence-corrected chi connectivity index (χ2v) is 7.30. The topological polar surface area (TPSA) is 149 Å². The Morgan fingerprint density at radius 3 is 2.34 bits per heavy atom. The lowest BCUT2D eigenvalue weighted by Gasteiger charge is -2.16. The van der Waals surface area contributed by atoms with Crippen LogP contribution >= 0.6 is 0 Å². The molecule has 0 saturated heterocycles. The van der Waals surface area contributed by atoms with Crippen molar-refractivity contribution in [2.45, 2.75) is 11.4 Å². The number of azide groups is 1. The zero-order chi connectivity index (χ0) is 21.0. The Morgan fingerprint density at radius 1 is 1.10 bits per heavy atom. The normalized spacial score (nSPS) is 11.0. The highest BCUT2D eigenvalue weighted by Gasteiger charge is 2.29. The van der Waals surface area contributed by atoms with Crippen molar-refractivity contribution in [3.8, 4) is 17.2 Å². The third-order valence-electron chi connectivity index (χ3n) is 4.07. The summed E-state index contributed by atoms with van der Waals surface area (Å²) in [7, 11) is 0.229. The standard InChI is InChI=1S/C17H17N5O6S/c1-25-14-11(9-19-22-18)13-12(15(26-2)16(14)27-3)17(20-28-13)21-29(23,24)10-7-5-4-6-8-10/h4-8H,9H2,1-3H3,(H,20,21). The van der Waals surface area contributed by atoms with Gasteiger partial charge in [0.05, 0.1) is 38.3 Å². The summed E-state index contributed by atoms with van der Waals surface area (Å²) < 4.78 is 49.4. The third kappa shape index (κ3) is 3.58. The van der Waals surface area contributed by atoms with Crippen LogP contribution in [0.5, 0.6) is 17.2 Å². The average Bonchev–Trinajstić information content (AvgIpc) is 3.14. The Hall–Kier alpha value is -3.63. The van der Waals surface area contributed by atoms with Crippen molar-refractivity contribution in [1.82, 2.24) is 5.16 Å². The molecule has 0 spiro atoms. The highest BCUT2D eigenvalue weighted by Crippen LogP contribution is 2.49. The van der Waals surface area contributed by atoms with Gasteiger partial charge in [0.15, 0.2) is 22.9 Å². The maximum absolute atomic E-state index is 12.7. The molecule has 11 nitrogen and oxygen atoms in total. The first-order valence-electron chi connectivity index (χ1n) is 8.17. The third-order valence-corrected chi connectivity index (χ3v) is 5.42. The van der Waals surface area contributed by atoms with Crippen LogP contribution in [0.15, 0.2) is 44.9 Å². The molecule has 1 N–H and O–H groups in total. The fourth-order valence-corrected chi connectivity index (χ4v) is 3.89. The number of anilines is 1. The van der Waals surface area contributed by atoms with Crippen LogP contribution in [0.2, 0.25) is 0 Å². The van der Waals surface area contributed by atoms with Gasteiger partial charge in [-0.15, -0.1) is 0 Å². The number of fused-ring (bicyclic) bond motifs is 1. The van der Waals surface area contributed by atoms with E-state index >= 15 is 0 Å². The highest BCUT2D eigenvalue weighted by atomic mass is 32.2. The lowest BCUT2D eigenvalue weighted by Crippen LogP contribution is -2.13. The first kappa shape index (κ1) is 20.1. The van der Waals surface area contributed by atoms with E-state index < -0.39 is 10.0 Å². The summed E-state index contributed by atoms with van der Waals surface area (Å²) in [6.45, 7) is -0.142. The van der Waals surface area contributed by atoms with Crippen LogP contribution < -0.4 is 18.9 Å². The van der Waals surface area contributed by atoms with Crippen molar-refractivity contribution in [1.29, 1.82) is 0 Å². The highest BCUT2D eigenvalue weighted by molar-refractivity contribution is 7.92. The molecule has 152 valence electrons. The molecule has 1 aromatic heterocycles. The predicted molar refractivity (Wildman–Crippen MR) is 104 cm³/mol. The molecule has 12 heteroatoms. The van der Waals surface area contributed by atoms with Gasteiger partial charge in [0.1, 0.15) is 5.39 Å². The second-order valence-electron chi connectivity index (χ2n) is 5.62. The fraction of sp³-hybridized carbons (Fsp3) is 0.235. The number of rotatable bonds is 8. The van der Waals surface area contributed by atoms with E-state index in [0.29, 0.717) is 5.56 Å². The van der Waals surface area contributed by atoms with E-state index in [1.807, 2.05) is 0 Å². The summed E-state index contributed by atoms with van der Waals surface area (Å²) in [5.74, 6) is 0.437. The number of hydrogen-bond donors (Lipinski definition) is 1. The Morgan fingerprint density at radius 2 is 1.76 bits per heavy atom. The van der Waals surface area contributed by atoms with Crippen LogP contribution in [0.3, 0.4) is 0 Å². The van der Waals surface area contributed by atoms with Crippen molar-refractivity contribution in [3.63, 3.8) is 0 Å². The Bertz CT molecular complexity index is 1190. The Labute approximate surface area is 165 Å². The van der Waals surface area contributed by atoms with Gasteiger partial charge in [0, 0.05) is 4.91 Å². The summed E-state index contributed by atoms with van der Waals surface area (Å²) >= 11 is 0. The van der Waals surface area contributed by atoms with Crippen LogP contribution in [-0.2, 0) is 16.6 Å². The molecule has 0 aliphatic rings. The molecule has 0 radical (unpaired) electrons. The number of sulfonamides is 1. The number of hydrogen-bond acceptors (Lipinski definition) is 8. The van der Waals surface area contributed by atoms with E-state index in [9.17, 15) is 8.42 Å². The van der Waals surface area contributed by atoms with Crippen LogP contribution in [0.4, 0.5) is 5.82 Å². The summed E-state index contributed by atoms with van der Waals surface area (Å²) in [5.41, 5.74) is 9.16. The number of benzene rings is 2. The van der Waals surface area contributed by atoms with Gasteiger partial charge in [0.2, 0.25) is 5.75 Å². The largest absolute Gasteiger partial charge is 0.492 e. The molecule has 0 unspecified atom stereocenters. The molecular formula is C17H17N5O6S. The molecule has 0 aliphatic carbocycles. The molecule has 1 heterocycles. The molecule has 0 bridgehead atoms. The quantitative estimate of drug-likeness (QED) is 0.334. The minimum atomic E-state index is -3.95. The first-order chi connectivity index (χ1) is 14.0. The number of nitrogens with one attached hydrogen (secondary N) is 1. The lowest BCUT2D eigenvalue weighted by atomic mass is 10.1. The molecule has 29 heavy (non-hydrogen) atoms. The number of aromatic nitrogens is 1. The van der Waals surface area contributed by atoms with Gasteiger partial charge >= 0.3 is 0 Å². The second kappa shape index (κ2) is 8.17. The van der Waals surface area contributed by atoms with Crippen LogP contribution in [-0.4, -0.2) is 34.9 Å². The number of methoxy groups -OCH3 is 3. The smallest absolute Gasteiger partial charge is 0.263 e. The minimum Gasteiger partial charge on any atom is -0.492 e. The van der Waals surface area contributed by atoms with Crippen LogP contribution in [0.1, 0.15) is 5.56 Å². The van der Waals surface area contributed by atoms with Crippen LogP contribution in [0.25, 0.3) is 21.4 Å². The van der Waals surface area contributed by atoms with E-state index in [4.69, 9.17) is 24.3 Å². The van der Waals surface area contributed by atoms with Gasteiger partial charge < -0.3 is 18.7 Å². The van der Waals surface area contributed by atoms with E-state index in [2.05, 4.69) is 19.9 Å². The molecule has 0 saturated carbocycles. The van der Waals surface area contributed by atoms with Gasteiger partial charge in [-0.2, -0.15) is 0 Å². The fourth-order valence-electron chi connectivity index (χ4n) is 2.86. The first-order valence-corrected chi connectivity index (χ1v) is 9.65. The van der Waals surface area contributed by atoms with E-state index in [1.54, 1.807) is 18.2 Å². The van der Waals surface area contributed by atoms with Crippen molar-refractivity contribution in [3.05, 3.63) is 46.3 Å². The summed E-state index contributed by atoms with van der Waals surface area (Å²) in [5, 5.41) is 7.59. The molecule has 0 aliphatic heterocycles. The average molecular weight is 419 g/mol. The van der Waals surface area contributed by atoms with Gasteiger partial charge in [-0.25, -0.2) is 8.42 Å². The number of ether oxygens (including phenoxy) is 3. The molecule has 3 rings (SSSR count). The van der Waals surface area contributed by atoms with E-state index in [-0.39, 0.29) is 45.5 Å². The van der Waals surface area contributed by atoms with Crippen molar-refractivity contribution in [2.24, 2.45) is 5.11 Å². The number of nitrogens with zero attached hydrogens (tertiary/aromatic N) is 4. The lowest BCUT2D eigenvalue weighted by molar-refractivity contribution is 0.324. The summed E-state index contributed by atoms with van der Waals surface area (Å²) in [6, 6.07) is 7.79. The zero-order valence-electron chi connectivity index (χ0n) is 15.7. The monoisotopic (exact) mass is 419 g/mol. The van der Waals surface area contributed by atoms with Gasteiger partial charge in [-0.1, -0.05) is 28.5 Å². The SMILES string of the molecule is COc1c(OC)c(OC)c2c(NS(=O)(=O)c3ccccc3)noc2c1CN=[N+]=[N-]. The van der Waals surface area contributed by atoms with Crippen molar-refractivity contribution >= 4 is 26.8 Å². The predicted octanol–water partition coefficient (Wildman–Crippen LogP) is 3.46. The van der Waals surface area contributed by atoms with Crippen LogP contribution in [0, 0.1) is 0 Å². The van der Waals surface area contributed by atoms with Crippen molar-refractivity contribution < 1.29 is 27.2 Å². The molecule has 3 aromatic rings. The molecule has 0 fully saturated rings. The van der Waals surface area contributed by atoms with Crippen molar-refractivity contribution in [2.75, 3.05) is 26.1 Å². The zero-order valence-corrected chi connectivity index (χ0v) is 16.6. The molecule has 0 atom stereocenters.